The van der Waals surface area contributed by atoms with Crippen LogP contribution in [0.4, 0.5) is 0 Å². The van der Waals surface area contributed by atoms with Gasteiger partial charge in [-0.15, -0.1) is 11.3 Å². The minimum Gasteiger partial charge on any atom is -0.365 e. The second-order valence-electron chi connectivity index (χ2n) is 8.05. The van der Waals surface area contributed by atoms with Gasteiger partial charge in [-0.2, -0.15) is 5.10 Å². The summed E-state index contributed by atoms with van der Waals surface area (Å²) in [7, 11) is 0. The Balaban J connectivity index is 2.36. The number of hydrogen-bond acceptors (Lipinski definition) is 5. The molecule has 0 fully saturated rings. The molecule has 3 heterocycles. The number of nitrogens with two attached hydrogens (primary N) is 2. The van der Waals surface area contributed by atoms with Crippen molar-refractivity contribution in [3.05, 3.63) is 33.0 Å². The average Bonchev–Trinajstić information content (AvgIpc) is 3.03. The lowest BCUT2D eigenvalue weighted by molar-refractivity contribution is -0.135. The number of amides is 2. The van der Waals surface area contributed by atoms with Gasteiger partial charge in [0.1, 0.15) is 10.7 Å². The normalized spacial score (nSPS) is 17.6. The Morgan fingerprint density at radius 1 is 1.22 bits per heavy atom. The van der Waals surface area contributed by atoms with Gasteiger partial charge in [-0.3, -0.25) is 9.59 Å². The SMILES string of the molecule is CCc1nn(-c2sc3c(c2C(N)=O)CC(C)(C)OC3(C)C)c(C(N)=O)c1C. The average molecular weight is 391 g/mol. The largest absolute Gasteiger partial charge is 0.365 e. The fourth-order valence-corrected chi connectivity index (χ4v) is 5.34. The predicted octanol–water partition coefficient (Wildman–Crippen LogP) is 2.59. The molecule has 2 amide bonds. The summed E-state index contributed by atoms with van der Waals surface area (Å²) in [5, 5.41) is 5.09. The van der Waals surface area contributed by atoms with Gasteiger partial charge in [-0.25, -0.2) is 4.68 Å². The number of aryl methyl sites for hydroxylation is 1. The van der Waals surface area contributed by atoms with Gasteiger partial charge in [0, 0.05) is 16.9 Å². The molecule has 3 rings (SSSR count). The highest BCUT2D eigenvalue weighted by atomic mass is 32.1. The van der Waals surface area contributed by atoms with Crippen LogP contribution in [0.1, 0.15) is 77.2 Å². The van der Waals surface area contributed by atoms with Crippen molar-refractivity contribution in [2.45, 2.75) is 65.6 Å². The molecule has 0 radical (unpaired) electrons. The standard InChI is InChI=1S/C19H26N4O3S/c1-7-11-9(2)13(16(21)25)23(22-11)17-12(15(20)24)10-8-18(3,4)26-19(5,6)14(10)27-17/h7-8H2,1-6H3,(H2,20,24)(H2,21,25). The zero-order chi connectivity index (χ0) is 20.3. The zero-order valence-corrected chi connectivity index (χ0v) is 17.4. The van der Waals surface area contributed by atoms with E-state index in [1.807, 2.05) is 41.5 Å². The molecule has 0 aromatic carbocycles. The quantitative estimate of drug-likeness (QED) is 0.835. The van der Waals surface area contributed by atoms with Gasteiger partial charge in [0.15, 0.2) is 0 Å². The summed E-state index contributed by atoms with van der Waals surface area (Å²) in [5.74, 6) is -1.13. The molecule has 0 spiro atoms. The summed E-state index contributed by atoms with van der Waals surface area (Å²) in [6, 6.07) is 0. The van der Waals surface area contributed by atoms with Crippen LogP contribution in [0.25, 0.3) is 5.00 Å². The second-order valence-corrected chi connectivity index (χ2v) is 9.05. The predicted molar refractivity (Wildman–Crippen MR) is 104 cm³/mol. The van der Waals surface area contributed by atoms with Gasteiger partial charge >= 0.3 is 0 Å². The Labute approximate surface area is 162 Å². The Morgan fingerprint density at radius 3 is 2.37 bits per heavy atom. The van der Waals surface area contributed by atoms with E-state index in [1.54, 1.807) is 0 Å². The fraction of sp³-hybridized carbons (Fsp3) is 0.526. The van der Waals surface area contributed by atoms with Crippen molar-refractivity contribution in [2.75, 3.05) is 0 Å². The number of rotatable bonds is 4. The smallest absolute Gasteiger partial charge is 0.267 e. The number of primary amides is 2. The summed E-state index contributed by atoms with van der Waals surface area (Å²) in [6.45, 7) is 11.7. The van der Waals surface area contributed by atoms with Gasteiger partial charge in [-0.1, -0.05) is 6.92 Å². The molecule has 0 atom stereocenters. The molecular weight excluding hydrogens is 364 g/mol. The summed E-state index contributed by atoms with van der Waals surface area (Å²) in [6.07, 6.45) is 1.20. The first kappa shape index (κ1) is 19.6. The molecule has 1 aliphatic rings. The van der Waals surface area contributed by atoms with Crippen LogP contribution in [0.3, 0.4) is 0 Å². The number of thiophene rings is 1. The minimum atomic E-state index is -0.590. The molecule has 4 N–H and O–H groups in total. The number of hydrogen-bond donors (Lipinski definition) is 2. The van der Waals surface area contributed by atoms with Crippen LogP contribution < -0.4 is 11.5 Å². The number of fused-ring (bicyclic) bond motifs is 1. The molecule has 146 valence electrons. The van der Waals surface area contributed by atoms with Crippen LogP contribution in [0.5, 0.6) is 0 Å². The second kappa shape index (κ2) is 6.17. The van der Waals surface area contributed by atoms with Crippen LogP contribution in [-0.4, -0.2) is 27.2 Å². The van der Waals surface area contributed by atoms with Crippen molar-refractivity contribution >= 4 is 23.2 Å². The van der Waals surface area contributed by atoms with Crippen LogP contribution >= 0.6 is 11.3 Å². The highest BCUT2D eigenvalue weighted by molar-refractivity contribution is 7.15. The number of carbonyl (C=O) groups excluding carboxylic acids is 2. The Kier molecular flexibility index (Phi) is 4.47. The fourth-order valence-electron chi connectivity index (χ4n) is 4.02. The van der Waals surface area contributed by atoms with Crippen molar-refractivity contribution in [2.24, 2.45) is 11.5 Å². The maximum Gasteiger partial charge on any atom is 0.267 e. The van der Waals surface area contributed by atoms with E-state index < -0.39 is 23.0 Å². The molecule has 2 aromatic rings. The van der Waals surface area contributed by atoms with E-state index in [1.165, 1.54) is 16.0 Å². The van der Waals surface area contributed by atoms with Crippen molar-refractivity contribution in [1.82, 2.24) is 9.78 Å². The lowest BCUT2D eigenvalue weighted by Crippen LogP contribution is -2.42. The maximum absolute atomic E-state index is 12.4. The van der Waals surface area contributed by atoms with E-state index in [-0.39, 0.29) is 5.69 Å². The molecule has 0 bridgehead atoms. The van der Waals surface area contributed by atoms with E-state index in [2.05, 4.69) is 5.10 Å². The first-order valence-electron chi connectivity index (χ1n) is 8.94. The van der Waals surface area contributed by atoms with Gasteiger partial charge in [0.05, 0.1) is 22.5 Å². The van der Waals surface area contributed by atoms with E-state index in [9.17, 15) is 9.59 Å². The van der Waals surface area contributed by atoms with Crippen molar-refractivity contribution in [3.63, 3.8) is 0 Å². The highest BCUT2D eigenvalue weighted by Crippen LogP contribution is 2.47. The van der Waals surface area contributed by atoms with Crippen LogP contribution in [0.2, 0.25) is 0 Å². The van der Waals surface area contributed by atoms with Gasteiger partial charge in [0.25, 0.3) is 11.8 Å². The van der Waals surface area contributed by atoms with Gasteiger partial charge in [0.2, 0.25) is 0 Å². The van der Waals surface area contributed by atoms with Gasteiger partial charge < -0.3 is 16.2 Å². The Bertz CT molecular complexity index is 953. The first-order valence-corrected chi connectivity index (χ1v) is 9.76. The third kappa shape index (κ3) is 3.06. The zero-order valence-electron chi connectivity index (χ0n) is 16.6. The third-order valence-corrected chi connectivity index (χ3v) is 6.41. The molecule has 27 heavy (non-hydrogen) atoms. The Morgan fingerprint density at radius 2 is 1.85 bits per heavy atom. The summed E-state index contributed by atoms with van der Waals surface area (Å²) < 4.78 is 7.73. The minimum absolute atomic E-state index is 0.283. The van der Waals surface area contributed by atoms with Crippen LogP contribution in [0.15, 0.2) is 0 Å². The lowest BCUT2D eigenvalue weighted by atomic mass is 9.86. The van der Waals surface area contributed by atoms with E-state index in [0.29, 0.717) is 23.4 Å². The molecule has 2 aromatic heterocycles. The number of nitrogens with zero attached hydrogens (tertiary/aromatic N) is 2. The number of carbonyl (C=O) groups is 2. The third-order valence-electron chi connectivity index (χ3n) is 4.90. The summed E-state index contributed by atoms with van der Waals surface area (Å²) in [5.41, 5.74) is 13.4. The number of ether oxygens (including phenoxy) is 1. The molecule has 0 saturated carbocycles. The van der Waals surface area contributed by atoms with Crippen molar-refractivity contribution in [3.8, 4) is 5.00 Å². The van der Waals surface area contributed by atoms with E-state index >= 15 is 0 Å². The molecule has 0 aliphatic carbocycles. The molecule has 8 heteroatoms. The van der Waals surface area contributed by atoms with Crippen molar-refractivity contribution < 1.29 is 14.3 Å². The monoisotopic (exact) mass is 390 g/mol. The lowest BCUT2D eigenvalue weighted by Gasteiger charge is -2.41. The molecule has 1 aliphatic heterocycles. The molecule has 7 nitrogen and oxygen atoms in total. The summed E-state index contributed by atoms with van der Waals surface area (Å²) in [4.78, 5) is 25.5. The first-order chi connectivity index (χ1) is 12.4. The highest BCUT2D eigenvalue weighted by Gasteiger charge is 2.43. The molecule has 0 unspecified atom stereocenters. The van der Waals surface area contributed by atoms with Crippen LogP contribution in [0, 0.1) is 6.92 Å². The van der Waals surface area contributed by atoms with E-state index in [4.69, 9.17) is 16.2 Å². The van der Waals surface area contributed by atoms with Crippen molar-refractivity contribution in [1.29, 1.82) is 0 Å². The topological polar surface area (TPSA) is 113 Å². The van der Waals surface area contributed by atoms with Crippen LogP contribution in [-0.2, 0) is 23.2 Å². The molecule has 0 saturated heterocycles. The maximum atomic E-state index is 12.4. The number of aromatic nitrogens is 2. The molecular formula is C19H26N4O3S. The van der Waals surface area contributed by atoms with Gasteiger partial charge in [-0.05, 0) is 46.6 Å². The Hall–Kier alpha value is -2.19. The summed E-state index contributed by atoms with van der Waals surface area (Å²) >= 11 is 1.38. The van der Waals surface area contributed by atoms with E-state index in [0.717, 1.165) is 21.7 Å².